The molecule has 1 amide bonds. The topological polar surface area (TPSA) is 108 Å². The van der Waals surface area contributed by atoms with Crippen LogP contribution in [0.2, 0.25) is 0 Å². The zero-order valence-corrected chi connectivity index (χ0v) is 19.4. The van der Waals surface area contributed by atoms with Crippen molar-refractivity contribution in [2.75, 3.05) is 0 Å². The molecule has 1 aliphatic rings. The van der Waals surface area contributed by atoms with Crippen molar-refractivity contribution in [1.82, 2.24) is 20.3 Å². The Kier molecular flexibility index (Phi) is 6.78. The summed E-state index contributed by atoms with van der Waals surface area (Å²) in [6, 6.07) is 16.3. The summed E-state index contributed by atoms with van der Waals surface area (Å²) in [4.78, 5) is 34.0. The number of nitrogens with zero attached hydrogens (tertiary/aromatic N) is 2. The second kappa shape index (κ2) is 9.80. The fraction of sp³-hybridized carbons (Fsp3) is 0.231. The minimum Gasteiger partial charge on any atom is -0.475 e. The summed E-state index contributed by atoms with van der Waals surface area (Å²) < 4.78 is 31.7. The summed E-state index contributed by atoms with van der Waals surface area (Å²) in [5.74, 6) is -2.36. The number of hydrogen-bond donors (Lipinski definition) is 3. The van der Waals surface area contributed by atoms with E-state index in [-0.39, 0.29) is 11.9 Å². The quantitative estimate of drug-likeness (QED) is 0.360. The molecule has 0 aliphatic carbocycles. The molecule has 3 N–H and O–H groups in total. The number of benzene rings is 1. The lowest BCUT2D eigenvalue weighted by Crippen LogP contribution is -2.44. The third-order valence-electron chi connectivity index (χ3n) is 5.89. The van der Waals surface area contributed by atoms with E-state index in [4.69, 9.17) is 9.90 Å². The lowest BCUT2D eigenvalue weighted by molar-refractivity contribution is -0.192. The summed E-state index contributed by atoms with van der Waals surface area (Å²) in [5, 5.41) is 11.3. The van der Waals surface area contributed by atoms with Crippen LogP contribution in [-0.2, 0) is 11.2 Å². The zero-order valence-electron chi connectivity index (χ0n) is 19.4. The highest BCUT2D eigenvalue weighted by atomic mass is 19.4. The lowest BCUT2D eigenvalue weighted by Gasteiger charge is -2.26. The van der Waals surface area contributed by atoms with E-state index in [0.717, 1.165) is 51.1 Å². The van der Waals surface area contributed by atoms with Crippen LogP contribution < -0.4 is 5.32 Å². The number of amides is 1. The number of rotatable bonds is 3. The molecule has 4 heterocycles. The summed E-state index contributed by atoms with van der Waals surface area (Å²) in [7, 11) is 0. The van der Waals surface area contributed by atoms with Gasteiger partial charge in [-0.2, -0.15) is 13.2 Å². The summed E-state index contributed by atoms with van der Waals surface area (Å²) in [5.41, 5.74) is 6.49. The number of hydrogen-bond acceptors (Lipinski definition) is 4. The van der Waals surface area contributed by atoms with Crippen LogP contribution in [0.15, 0.2) is 60.9 Å². The Hall–Kier alpha value is -4.21. The fourth-order valence-corrected chi connectivity index (χ4v) is 3.90. The molecule has 0 spiro atoms. The number of aromatic nitrogens is 3. The molecule has 10 heteroatoms. The number of fused-ring (bicyclic) bond motifs is 2. The first kappa shape index (κ1) is 24.9. The van der Waals surface area contributed by atoms with Crippen molar-refractivity contribution < 1.29 is 27.9 Å². The molecule has 0 saturated carbocycles. The molecule has 0 radical (unpaired) electrons. The molecule has 0 saturated heterocycles. The number of pyridine rings is 2. The first-order valence-corrected chi connectivity index (χ1v) is 11.2. The molecule has 0 fully saturated rings. The van der Waals surface area contributed by atoms with Gasteiger partial charge in [-0.1, -0.05) is 32.0 Å². The molecule has 7 nitrogen and oxygen atoms in total. The number of H-pyrrole nitrogens is 1. The molecule has 4 aromatic rings. The number of carbonyl (C=O) groups excluding carboxylic acids is 1. The van der Waals surface area contributed by atoms with Gasteiger partial charge in [0.2, 0.25) is 0 Å². The average molecular weight is 496 g/mol. The van der Waals surface area contributed by atoms with Crippen LogP contribution in [0.3, 0.4) is 0 Å². The van der Waals surface area contributed by atoms with Crippen LogP contribution in [0.4, 0.5) is 13.2 Å². The second-order valence-corrected chi connectivity index (χ2v) is 8.75. The lowest BCUT2D eigenvalue weighted by atomic mass is 9.94. The largest absolute Gasteiger partial charge is 0.490 e. The number of halogens is 3. The molecule has 3 aromatic heterocycles. The molecule has 186 valence electrons. The van der Waals surface area contributed by atoms with Crippen LogP contribution >= 0.6 is 0 Å². The average Bonchev–Trinajstić information content (AvgIpc) is 3.29. The number of para-hydroxylation sites is 1. The minimum absolute atomic E-state index is 0.000425. The summed E-state index contributed by atoms with van der Waals surface area (Å²) in [6.07, 6.45) is -0.600. The zero-order chi connectivity index (χ0) is 26.0. The van der Waals surface area contributed by atoms with Crippen molar-refractivity contribution in [3.05, 3.63) is 72.2 Å². The van der Waals surface area contributed by atoms with E-state index < -0.39 is 12.1 Å². The van der Waals surface area contributed by atoms with Crippen LogP contribution in [0.5, 0.6) is 0 Å². The monoisotopic (exact) mass is 496 g/mol. The van der Waals surface area contributed by atoms with Crippen LogP contribution in [0, 0.1) is 5.92 Å². The van der Waals surface area contributed by atoms with Crippen molar-refractivity contribution >= 4 is 22.8 Å². The summed E-state index contributed by atoms with van der Waals surface area (Å²) >= 11 is 0. The van der Waals surface area contributed by atoms with E-state index >= 15 is 0 Å². The van der Waals surface area contributed by atoms with Gasteiger partial charge < -0.3 is 15.4 Å². The fourth-order valence-electron chi connectivity index (χ4n) is 3.90. The number of carboxylic acid groups (broad SMARTS) is 1. The van der Waals surface area contributed by atoms with Gasteiger partial charge in [0.05, 0.1) is 16.8 Å². The van der Waals surface area contributed by atoms with E-state index in [1.807, 2.05) is 42.6 Å². The van der Waals surface area contributed by atoms with Gasteiger partial charge in [0, 0.05) is 52.8 Å². The van der Waals surface area contributed by atoms with Gasteiger partial charge in [-0.15, -0.1) is 0 Å². The number of alkyl halides is 3. The maximum absolute atomic E-state index is 12.5. The minimum atomic E-state index is -5.08. The SMILES string of the molecule is CC(C)C1Cc2[nH]c(-c3ccnc(-c4cnc5ccccc5c4)c3)cc2C(=O)N1.O=C(O)C(F)(F)F. The third kappa shape index (κ3) is 5.37. The van der Waals surface area contributed by atoms with E-state index in [2.05, 4.69) is 46.2 Å². The Morgan fingerprint density at radius 1 is 1.08 bits per heavy atom. The van der Waals surface area contributed by atoms with Gasteiger partial charge in [0.25, 0.3) is 5.91 Å². The number of aromatic amines is 1. The summed E-state index contributed by atoms with van der Waals surface area (Å²) in [6.45, 7) is 4.26. The maximum Gasteiger partial charge on any atom is 0.490 e. The first-order valence-electron chi connectivity index (χ1n) is 11.2. The molecule has 1 atom stereocenters. The Labute approximate surface area is 204 Å². The highest BCUT2D eigenvalue weighted by molar-refractivity contribution is 5.98. The van der Waals surface area contributed by atoms with E-state index in [0.29, 0.717) is 5.92 Å². The predicted octanol–water partition coefficient (Wildman–Crippen LogP) is 5.24. The van der Waals surface area contributed by atoms with Crippen LogP contribution in [0.25, 0.3) is 33.4 Å². The molecule has 36 heavy (non-hydrogen) atoms. The van der Waals surface area contributed by atoms with Gasteiger partial charge in [0.15, 0.2) is 0 Å². The highest BCUT2D eigenvalue weighted by Gasteiger charge is 2.38. The van der Waals surface area contributed by atoms with Crippen molar-refractivity contribution in [2.24, 2.45) is 5.92 Å². The first-order chi connectivity index (χ1) is 17.0. The van der Waals surface area contributed by atoms with Gasteiger partial charge in [-0.25, -0.2) is 4.79 Å². The van der Waals surface area contributed by atoms with Crippen molar-refractivity contribution in [1.29, 1.82) is 0 Å². The normalized spacial score (nSPS) is 15.2. The highest BCUT2D eigenvalue weighted by Crippen LogP contribution is 2.29. The Morgan fingerprint density at radius 3 is 2.50 bits per heavy atom. The second-order valence-electron chi connectivity index (χ2n) is 8.75. The third-order valence-corrected chi connectivity index (χ3v) is 5.89. The molecular weight excluding hydrogens is 473 g/mol. The van der Waals surface area contributed by atoms with Crippen molar-refractivity contribution in [2.45, 2.75) is 32.5 Å². The Balaban J connectivity index is 0.000000384. The molecule has 1 aromatic carbocycles. The molecular formula is C26H23F3N4O3. The van der Waals surface area contributed by atoms with Gasteiger partial charge in [-0.3, -0.25) is 14.8 Å². The van der Waals surface area contributed by atoms with E-state index in [1.54, 1.807) is 6.20 Å². The predicted molar refractivity (Wildman–Crippen MR) is 128 cm³/mol. The van der Waals surface area contributed by atoms with Crippen molar-refractivity contribution in [3.63, 3.8) is 0 Å². The molecule has 1 aliphatic heterocycles. The standard InChI is InChI=1S/C24H22N4O.C2HF3O2/c1-14(2)20-12-23-18(24(29)28-20)11-22(27-23)16-7-8-25-21(10-16)17-9-15-5-3-4-6-19(15)26-13-17;3-2(4,5)1(6)7/h3-11,13-14,20,27H,12H2,1-2H3,(H,28,29);(H,6,7). The number of nitrogens with one attached hydrogen (secondary N) is 2. The Bertz CT molecular complexity index is 1430. The van der Waals surface area contributed by atoms with Crippen LogP contribution in [0.1, 0.15) is 29.9 Å². The Morgan fingerprint density at radius 2 is 1.81 bits per heavy atom. The van der Waals surface area contributed by atoms with Gasteiger partial charge >= 0.3 is 12.1 Å². The van der Waals surface area contributed by atoms with Crippen molar-refractivity contribution in [3.8, 4) is 22.5 Å². The van der Waals surface area contributed by atoms with Gasteiger partial charge in [-0.05, 0) is 36.2 Å². The molecule has 1 unspecified atom stereocenters. The van der Waals surface area contributed by atoms with Gasteiger partial charge in [0.1, 0.15) is 0 Å². The molecule has 5 rings (SSSR count). The van der Waals surface area contributed by atoms with E-state index in [9.17, 15) is 18.0 Å². The number of carbonyl (C=O) groups is 2. The smallest absolute Gasteiger partial charge is 0.475 e. The maximum atomic E-state index is 12.5. The van der Waals surface area contributed by atoms with E-state index in [1.165, 1.54) is 0 Å². The number of aliphatic carboxylic acids is 1. The van der Waals surface area contributed by atoms with Crippen LogP contribution in [-0.4, -0.2) is 44.2 Å². The number of carboxylic acids is 1. The molecule has 0 bridgehead atoms.